The average molecular weight is 336 g/mol. The Morgan fingerprint density at radius 2 is 1.91 bits per heavy atom. The first-order valence-electron chi connectivity index (χ1n) is 6.65. The van der Waals surface area contributed by atoms with Crippen molar-refractivity contribution in [2.45, 2.75) is 11.1 Å². The number of fused-ring (bicyclic) bond motifs is 1. The largest absolute Gasteiger partial charge is 0.433 e. The quantitative estimate of drug-likeness (QED) is 0.564. The second-order valence-corrected chi connectivity index (χ2v) is 5.67. The van der Waals surface area contributed by atoms with Gasteiger partial charge in [0.05, 0.1) is 5.52 Å². The van der Waals surface area contributed by atoms with Crippen LogP contribution in [0.2, 0.25) is 0 Å². The Morgan fingerprint density at radius 3 is 2.61 bits per heavy atom. The molecule has 1 aromatic carbocycles. The molecule has 0 saturated heterocycles. The van der Waals surface area contributed by atoms with E-state index in [2.05, 4.69) is 9.97 Å². The Hall–Kier alpha value is -2.28. The van der Waals surface area contributed by atoms with Crippen LogP contribution in [0.15, 0.2) is 47.5 Å². The van der Waals surface area contributed by atoms with Gasteiger partial charge in [-0.3, -0.25) is 4.79 Å². The molecule has 0 amide bonds. The molecule has 0 radical (unpaired) electrons. The van der Waals surface area contributed by atoms with E-state index in [-0.39, 0.29) is 5.69 Å². The number of nitrogens with zero attached hydrogens (tertiary/aromatic N) is 1. The number of H-pyrrole nitrogens is 1. The van der Waals surface area contributed by atoms with E-state index in [0.717, 1.165) is 16.5 Å². The standard InChI is InChI=1S/C16H11F3N2OS/c1-23-12-6-2-4-9-10(8-20-14(9)12)15(22)11-5-3-7-13(21-11)16(17,18)19/h2-8,20H,1H3. The van der Waals surface area contributed by atoms with Gasteiger partial charge in [-0.2, -0.15) is 13.2 Å². The molecule has 0 aliphatic carbocycles. The van der Waals surface area contributed by atoms with E-state index in [4.69, 9.17) is 0 Å². The molecule has 7 heteroatoms. The molecule has 0 aliphatic heterocycles. The molecule has 3 nitrogen and oxygen atoms in total. The maximum atomic E-state index is 12.7. The zero-order valence-electron chi connectivity index (χ0n) is 11.9. The van der Waals surface area contributed by atoms with Crippen LogP contribution < -0.4 is 0 Å². The van der Waals surface area contributed by atoms with Crippen molar-refractivity contribution < 1.29 is 18.0 Å². The normalized spacial score (nSPS) is 11.8. The average Bonchev–Trinajstić information content (AvgIpc) is 2.97. The fourth-order valence-electron chi connectivity index (χ4n) is 2.34. The summed E-state index contributed by atoms with van der Waals surface area (Å²) in [4.78, 5) is 20.0. The van der Waals surface area contributed by atoms with Gasteiger partial charge in [0.2, 0.25) is 5.78 Å². The predicted molar refractivity (Wildman–Crippen MR) is 82.8 cm³/mol. The van der Waals surface area contributed by atoms with Crippen LogP contribution in [0.1, 0.15) is 21.7 Å². The molecular formula is C16H11F3N2OS. The van der Waals surface area contributed by atoms with Crippen molar-refractivity contribution in [3.8, 4) is 0 Å². The van der Waals surface area contributed by atoms with E-state index in [9.17, 15) is 18.0 Å². The molecule has 2 heterocycles. The fraction of sp³-hybridized carbons (Fsp3) is 0.125. The third-order valence-corrected chi connectivity index (χ3v) is 4.19. The molecule has 0 bridgehead atoms. The molecule has 1 N–H and O–H groups in total. The van der Waals surface area contributed by atoms with Gasteiger partial charge in [-0.25, -0.2) is 4.98 Å². The van der Waals surface area contributed by atoms with Crippen molar-refractivity contribution in [3.05, 3.63) is 59.5 Å². The van der Waals surface area contributed by atoms with Crippen LogP contribution in [-0.2, 0) is 6.18 Å². The maximum absolute atomic E-state index is 12.7. The SMILES string of the molecule is CSc1cccc2c(C(=O)c3cccc(C(F)(F)F)n3)c[nH]c12. The van der Waals surface area contributed by atoms with Crippen LogP contribution in [0.5, 0.6) is 0 Å². The number of hydrogen-bond acceptors (Lipinski definition) is 3. The summed E-state index contributed by atoms with van der Waals surface area (Å²) in [7, 11) is 0. The number of carbonyl (C=O) groups is 1. The van der Waals surface area contributed by atoms with Crippen molar-refractivity contribution in [1.29, 1.82) is 0 Å². The van der Waals surface area contributed by atoms with Gasteiger partial charge in [0.1, 0.15) is 11.4 Å². The molecule has 3 rings (SSSR count). The molecule has 0 saturated carbocycles. The van der Waals surface area contributed by atoms with E-state index < -0.39 is 17.7 Å². The molecule has 0 unspecified atom stereocenters. The second kappa shape index (κ2) is 5.73. The molecule has 2 aromatic heterocycles. The van der Waals surface area contributed by atoms with Gasteiger partial charge >= 0.3 is 6.18 Å². The Morgan fingerprint density at radius 1 is 1.17 bits per heavy atom. The summed E-state index contributed by atoms with van der Waals surface area (Å²) >= 11 is 1.52. The fourth-order valence-corrected chi connectivity index (χ4v) is 2.93. The number of aromatic amines is 1. The van der Waals surface area contributed by atoms with Crippen LogP contribution in [0, 0.1) is 0 Å². The van der Waals surface area contributed by atoms with Crippen LogP contribution >= 0.6 is 11.8 Å². The van der Waals surface area contributed by atoms with Crippen molar-refractivity contribution in [2.24, 2.45) is 0 Å². The van der Waals surface area contributed by atoms with Crippen molar-refractivity contribution in [1.82, 2.24) is 9.97 Å². The molecule has 0 spiro atoms. The van der Waals surface area contributed by atoms with Gasteiger partial charge in [-0.1, -0.05) is 18.2 Å². The summed E-state index contributed by atoms with van der Waals surface area (Å²) in [6, 6.07) is 8.78. The van der Waals surface area contributed by atoms with Crippen LogP contribution in [0.3, 0.4) is 0 Å². The Labute approximate surface area is 133 Å². The van der Waals surface area contributed by atoms with Gasteiger partial charge in [-0.15, -0.1) is 11.8 Å². The zero-order valence-corrected chi connectivity index (χ0v) is 12.8. The van der Waals surface area contributed by atoms with E-state index in [0.29, 0.717) is 10.9 Å². The number of rotatable bonds is 3. The Bertz CT molecular complexity index is 886. The number of aromatic nitrogens is 2. The number of hydrogen-bond donors (Lipinski definition) is 1. The van der Waals surface area contributed by atoms with E-state index in [1.165, 1.54) is 30.1 Å². The first-order valence-corrected chi connectivity index (χ1v) is 7.87. The molecule has 118 valence electrons. The number of benzene rings is 1. The summed E-state index contributed by atoms with van der Waals surface area (Å²) in [5.74, 6) is -0.541. The lowest BCUT2D eigenvalue weighted by Crippen LogP contribution is -2.12. The van der Waals surface area contributed by atoms with Gasteiger partial charge in [0.25, 0.3) is 0 Å². The number of carbonyl (C=O) groups excluding carboxylic acids is 1. The van der Waals surface area contributed by atoms with E-state index in [1.807, 2.05) is 12.3 Å². The summed E-state index contributed by atoms with van der Waals surface area (Å²) in [5, 5.41) is 0.668. The highest BCUT2D eigenvalue weighted by atomic mass is 32.2. The molecule has 0 aliphatic rings. The highest BCUT2D eigenvalue weighted by Gasteiger charge is 2.33. The summed E-state index contributed by atoms with van der Waals surface area (Å²) in [5.41, 5.74) is -0.207. The number of pyridine rings is 1. The molecular weight excluding hydrogens is 325 g/mol. The number of alkyl halides is 3. The van der Waals surface area contributed by atoms with Crippen molar-refractivity contribution >= 4 is 28.4 Å². The predicted octanol–water partition coefficient (Wildman–Crippen LogP) is 4.53. The molecule has 0 atom stereocenters. The van der Waals surface area contributed by atoms with Gasteiger partial charge in [0.15, 0.2) is 0 Å². The van der Waals surface area contributed by atoms with Crippen molar-refractivity contribution in [2.75, 3.05) is 6.26 Å². The Balaban J connectivity index is 2.08. The lowest BCUT2D eigenvalue weighted by atomic mass is 10.1. The van der Waals surface area contributed by atoms with Crippen LogP contribution in [0.25, 0.3) is 10.9 Å². The summed E-state index contributed by atoms with van der Waals surface area (Å²) in [6.07, 6.45) is -1.16. The molecule has 0 fully saturated rings. The molecule has 23 heavy (non-hydrogen) atoms. The maximum Gasteiger partial charge on any atom is 0.433 e. The minimum Gasteiger partial charge on any atom is -0.360 e. The highest BCUT2D eigenvalue weighted by molar-refractivity contribution is 7.98. The second-order valence-electron chi connectivity index (χ2n) is 4.82. The minimum absolute atomic E-state index is 0.227. The third-order valence-electron chi connectivity index (χ3n) is 3.41. The smallest absolute Gasteiger partial charge is 0.360 e. The van der Waals surface area contributed by atoms with Gasteiger partial charge in [0, 0.05) is 22.0 Å². The lowest BCUT2D eigenvalue weighted by molar-refractivity contribution is -0.141. The van der Waals surface area contributed by atoms with E-state index in [1.54, 1.807) is 12.1 Å². The third kappa shape index (κ3) is 2.84. The monoisotopic (exact) mass is 336 g/mol. The summed E-state index contributed by atoms with van der Waals surface area (Å²) < 4.78 is 38.2. The lowest BCUT2D eigenvalue weighted by Gasteiger charge is -2.07. The first kappa shape index (κ1) is 15.6. The number of halogens is 3. The summed E-state index contributed by atoms with van der Waals surface area (Å²) in [6.45, 7) is 0. The molecule has 3 aromatic rings. The number of thioether (sulfide) groups is 1. The van der Waals surface area contributed by atoms with Crippen molar-refractivity contribution in [3.63, 3.8) is 0 Å². The number of ketones is 1. The van der Waals surface area contributed by atoms with E-state index >= 15 is 0 Å². The number of para-hydroxylation sites is 1. The van der Waals surface area contributed by atoms with Crippen LogP contribution in [0.4, 0.5) is 13.2 Å². The van der Waals surface area contributed by atoms with Gasteiger partial charge in [-0.05, 0) is 24.5 Å². The first-order chi connectivity index (χ1) is 10.9. The zero-order chi connectivity index (χ0) is 16.6. The highest BCUT2D eigenvalue weighted by Crippen LogP contribution is 2.30. The van der Waals surface area contributed by atoms with Crippen LogP contribution in [-0.4, -0.2) is 22.0 Å². The van der Waals surface area contributed by atoms with Gasteiger partial charge < -0.3 is 4.98 Å². The topological polar surface area (TPSA) is 45.8 Å². The minimum atomic E-state index is -4.58. The Kier molecular flexibility index (Phi) is 3.89. The number of nitrogens with one attached hydrogen (secondary N) is 1.